The Morgan fingerprint density at radius 3 is 2.55 bits per heavy atom. The van der Waals surface area contributed by atoms with Crippen LogP contribution in [0.25, 0.3) is 22.2 Å². The highest BCUT2D eigenvalue weighted by Gasteiger charge is 2.48. The lowest BCUT2D eigenvalue weighted by molar-refractivity contribution is 0.0541. The molecule has 0 spiro atoms. The highest BCUT2D eigenvalue weighted by atomic mass is 16.3. The number of furan rings is 1. The predicted octanol–water partition coefficient (Wildman–Crippen LogP) is 4.62. The molecule has 0 bridgehead atoms. The van der Waals surface area contributed by atoms with E-state index in [1.54, 1.807) is 6.26 Å². The minimum atomic E-state index is -0.394. The molecule has 5 rings (SSSR count). The second-order valence-electron chi connectivity index (χ2n) is 8.65. The average Bonchev–Trinajstić information content (AvgIpc) is 3.30. The lowest BCUT2D eigenvalue weighted by Crippen LogP contribution is -2.39. The summed E-state index contributed by atoms with van der Waals surface area (Å²) >= 11 is 0. The molecule has 0 saturated heterocycles. The van der Waals surface area contributed by atoms with Crippen LogP contribution in [0.1, 0.15) is 54.6 Å². The van der Waals surface area contributed by atoms with Crippen LogP contribution in [0.5, 0.6) is 0 Å². The Morgan fingerprint density at radius 1 is 1.14 bits per heavy atom. The lowest BCUT2D eigenvalue weighted by atomic mass is 9.81. The Balaban J connectivity index is 1.26. The van der Waals surface area contributed by atoms with Crippen molar-refractivity contribution < 1.29 is 14.3 Å². The molecule has 0 aliphatic heterocycles. The van der Waals surface area contributed by atoms with Crippen molar-refractivity contribution in [1.82, 2.24) is 10.3 Å². The zero-order chi connectivity index (χ0) is 20.0. The first-order valence-electron chi connectivity index (χ1n) is 10.5. The minimum Gasteiger partial charge on any atom is -0.464 e. The molecule has 2 aliphatic carbocycles. The summed E-state index contributed by atoms with van der Waals surface area (Å²) in [6.07, 6.45) is 7.46. The van der Waals surface area contributed by atoms with Crippen LogP contribution in [0.2, 0.25) is 0 Å². The van der Waals surface area contributed by atoms with Crippen LogP contribution in [0.3, 0.4) is 0 Å². The summed E-state index contributed by atoms with van der Waals surface area (Å²) in [4.78, 5) is 17.3. The summed E-state index contributed by atoms with van der Waals surface area (Å²) in [7, 11) is 0. The second kappa shape index (κ2) is 6.99. The number of aromatic nitrogens is 1. The first-order valence-corrected chi connectivity index (χ1v) is 10.5. The van der Waals surface area contributed by atoms with Crippen LogP contribution in [0.4, 0.5) is 0 Å². The van der Waals surface area contributed by atoms with Crippen molar-refractivity contribution in [2.75, 3.05) is 0 Å². The lowest BCUT2D eigenvalue weighted by Gasteiger charge is -2.32. The van der Waals surface area contributed by atoms with Crippen molar-refractivity contribution in [3.05, 3.63) is 53.9 Å². The highest BCUT2D eigenvalue weighted by molar-refractivity contribution is 5.96. The van der Waals surface area contributed by atoms with Gasteiger partial charge in [-0.05, 0) is 69.6 Å². The SMILES string of the molecule is Cc1cc2occc2c(-c2ccc(C(=O)NC3CCC(C4(O)CC4)CC3)cc2)n1. The molecule has 0 unspecified atom stereocenters. The van der Waals surface area contributed by atoms with E-state index in [-0.39, 0.29) is 11.9 Å². The van der Waals surface area contributed by atoms with Crippen LogP contribution >= 0.6 is 0 Å². The summed E-state index contributed by atoms with van der Waals surface area (Å²) in [6.45, 7) is 1.95. The fraction of sp³-hybridized carbons (Fsp3) is 0.417. The van der Waals surface area contributed by atoms with Crippen LogP contribution in [0.15, 0.2) is 47.1 Å². The molecule has 3 aromatic rings. The Morgan fingerprint density at radius 2 is 1.86 bits per heavy atom. The smallest absolute Gasteiger partial charge is 0.251 e. The van der Waals surface area contributed by atoms with Gasteiger partial charge in [-0.1, -0.05) is 12.1 Å². The Kier molecular flexibility index (Phi) is 4.43. The fourth-order valence-corrected chi connectivity index (χ4v) is 4.67. The number of hydrogen-bond acceptors (Lipinski definition) is 4. The molecule has 2 heterocycles. The number of benzene rings is 1. The molecule has 2 aliphatic rings. The normalized spacial score (nSPS) is 23.1. The van der Waals surface area contributed by atoms with Gasteiger partial charge in [0.2, 0.25) is 0 Å². The monoisotopic (exact) mass is 390 g/mol. The summed E-state index contributed by atoms with van der Waals surface area (Å²) in [6, 6.07) is 11.7. The van der Waals surface area contributed by atoms with Crippen LogP contribution in [0, 0.1) is 12.8 Å². The fourth-order valence-electron chi connectivity index (χ4n) is 4.67. The van der Waals surface area contributed by atoms with E-state index in [1.165, 1.54) is 0 Å². The molecule has 2 fully saturated rings. The molecule has 2 aromatic heterocycles. The molecule has 2 saturated carbocycles. The van der Waals surface area contributed by atoms with Gasteiger partial charge >= 0.3 is 0 Å². The molecule has 0 radical (unpaired) electrons. The Labute approximate surface area is 170 Å². The summed E-state index contributed by atoms with van der Waals surface area (Å²) in [5.74, 6) is 0.382. The topological polar surface area (TPSA) is 75.4 Å². The number of fused-ring (bicyclic) bond motifs is 1. The van der Waals surface area contributed by atoms with Crippen molar-refractivity contribution in [3.8, 4) is 11.3 Å². The maximum atomic E-state index is 12.7. The number of amides is 1. The predicted molar refractivity (Wildman–Crippen MR) is 112 cm³/mol. The zero-order valence-corrected chi connectivity index (χ0v) is 16.6. The number of carbonyl (C=O) groups excluding carboxylic acids is 1. The minimum absolute atomic E-state index is 0.0317. The van der Waals surface area contributed by atoms with Gasteiger partial charge in [0.1, 0.15) is 5.58 Å². The number of hydrogen-bond donors (Lipinski definition) is 2. The van der Waals surface area contributed by atoms with E-state index in [9.17, 15) is 9.90 Å². The quantitative estimate of drug-likeness (QED) is 0.682. The molecule has 5 nitrogen and oxygen atoms in total. The number of nitrogens with zero attached hydrogens (tertiary/aromatic N) is 1. The molecule has 1 amide bonds. The van der Waals surface area contributed by atoms with Gasteiger partial charge in [-0.15, -0.1) is 0 Å². The van der Waals surface area contributed by atoms with Gasteiger partial charge in [0.15, 0.2) is 0 Å². The van der Waals surface area contributed by atoms with Gasteiger partial charge in [-0.2, -0.15) is 0 Å². The van der Waals surface area contributed by atoms with Gasteiger partial charge in [0.05, 0.1) is 17.6 Å². The van der Waals surface area contributed by atoms with E-state index in [1.807, 2.05) is 43.3 Å². The molecule has 5 heteroatoms. The molecule has 0 atom stereocenters. The van der Waals surface area contributed by atoms with Gasteiger partial charge in [0, 0.05) is 34.3 Å². The van der Waals surface area contributed by atoms with Crippen molar-refractivity contribution in [3.63, 3.8) is 0 Å². The molecular formula is C24H26N2O3. The zero-order valence-electron chi connectivity index (χ0n) is 16.6. The average molecular weight is 390 g/mol. The maximum absolute atomic E-state index is 12.7. The molecular weight excluding hydrogens is 364 g/mol. The standard InChI is InChI=1S/C24H26N2O3/c1-15-14-21-20(10-13-29-21)22(25-15)16-2-4-17(5-3-16)23(27)26-19-8-6-18(7-9-19)24(28)11-12-24/h2-5,10,13-14,18-19,28H,6-9,11-12H2,1H3,(H,26,27). The third-order valence-electron chi connectivity index (χ3n) is 6.58. The van der Waals surface area contributed by atoms with E-state index in [2.05, 4.69) is 10.3 Å². The van der Waals surface area contributed by atoms with E-state index in [0.29, 0.717) is 11.5 Å². The highest BCUT2D eigenvalue weighted by Crippen LogP contribution is 2.48. The summed E-state index contributed by atoms with van der Waals surface area (Å²) < 4.78 is 5.52. The maximum Gasteiger partial charge on any atom is 0.251 e. The number of aryl methyl sites for hydroxylation is 1. The summed E-state index contributed by atoms with van der Waals surface area (Å²) in [5, 5.41) is 14.4. The second-order valence-corrected chi connectivity index (χ2v) is 8.65. The first-order chi connectivity index (χ1) is 14.0. The number of carbonyl (C=O) groups is 1. The van der Waals surface area contributed by atoms with E-state index < -0.39 is 5.60 Å². The van der Waals surface area contributed by atoms with Crippen molar-refractivity contribution in [2.45, 2.75) is 57.1 Å². The largest absolute Gasteiger partial charge is 0.464 e. The van der Waals surface area contributed by atoms with E-state index in [0.717, 1.165) is 66.4 Å². The molecule has 150 valence electrons. The van der Waals surface area contributed by atoms with Gasteiger partial charge in [-0.3, -0.25) is 9.78 Å². The van der Waals surface area contributed by atoms with Crippen LogP contribution in [-0.2, 0) is 0 Å². The summed E-state index contributed by atoms with van der Waals surface area (Å²) in [5.41, 5.74) is 3.82. The number of aliphatic hydroxyl groups is 1. The van der Waals surface area contributed by atoms with Gasteiger partial charge < -0.3 is 14.8 Å². The first kappa shape index (κ1) is 18.4. The van der Waals surface area contributed by atoms with Gasteiger partial charge in [-0.25, -0.2) is 0 Å². The van der Waals surface area contributed by atoms with Crippen molar-refractivity contribution in [2.24, 2.45) is 5.92 Å². The molecule has 2 N–H and O–H groups in total. The molecule has 1 aromatic carbocycles. The number of nitrogens with one attached hydrogen (secondary N) is 1. The Bertz CT molecular complexity index is 1040. The number of rotatable bonds is 4. The van der Waals surface area contributed by atoms with Crippen molar-refractivity contribution >= 4 is 16.9 Å². The third-order valence-corrected chi connectivity index (χ3v) is 6.58. The molecule has 29 heavy (non-hydrogen) atoms. The van der Waals surface area contributed by atoms with Crippen LogP contribution < -0.4 is 5.32 Å². The Hall–Kier alpha value is -2.66. The van der Waals surface area contributed by atoms with Gasteiger partial charge in [0.25, 0.3) is 5.91 Å². The number of pyridine rings is 1. The van der Waals surface area contributed by atoms with Crippen LogP contribution in [-0.4, -0.2) is 27.6 Å². The third kappa shape index (κ3) is 3.55. The van der Waals surface area contributed by atoms with E-state index >= 15 is 0 Å². The van der Waals surface area contributed by atoms with Crippen molar-refractivity contribution in [1.29, 1.82) is 0 Å². The van der Waals surface area contributed by atoms with E-state index in [4.69, 9.17) is 4.42 Å².